The molecule has 1 atom stereocenters. The fourth-order valence-electron chi connectivity index (χ4n) is 5.08. The minimum Gasteiger partial charge on any atom is -0.308 e. The molecule has 0 aliphatic heterocycles. The molecule has 2 nitrogen and oxygen atoms in total. The summed E-state index contributed by atoms with van der Waals surface area (Å²) < 4.78 is 0.867. The molecule has 0 fully saturated rings. The minimum absolute atomic E-state index is 0.133. The molecule has 0 saturated heterocycles. The predicted octanol–water partition coefficient (Wildman–Crippen LogP) is 8.98. The van der Waals surface area contributed by atoms with Crippen LogP contribution in [0.1, 0.15) is 135 Å². The maximum Gasteiger partial charge on any atom is 0.150 e. The van der Waals surface area contributed by atoms with E-state index in [-0.39, 0.29) is 5.66 Å². The van der Waals surface area contributed by atoms with E-state index in [1.165, 1.54) is 108 Å². The molecule has 186 valence electrons. The molecule has 1 aromatic carbocycles. The molecule has 1 rings (SSSR count). The number of hydrogen-bond acceptors (Lipinski definition) is 1. The van der Waals surface area contributed by atoms with E-state index in [2.05, 4.69) is 58.3 Å². The number of hydrogen-bond donors (Lipinski definition) is 1. The predicted molar refractivity (Wildman–Crippen MR) is 144 cm³/mol. The maximum atomic E-state index is 6.96. The second kappa shape index (κ2) is 17.6. The zero-order chi connectivity index (χ0) is 23.5. The summed E-state index contributed by atoms with van der Waals surface area (Å²) in [6.45, 7) is 5.56. The summed E-state index contributed by atoms with van der Waals surface area (Å²) in [7, 11) is 4.62. The largest absolute Gasteiger partial charge is 0.308 e. The highest BCUT2D eigenvalue weighted by Crippen LogP contribution is 2.28. The van der Waals surface area contributed by atoms with Crippen LogP contribution in [0, 0.1) is 0 Å². The highest BCUT2D eigenvalue weighted by molar-refractivity contribution is 5.13. The maximum absolute atomic E-state index is 6.96. The number of benzene rings is 1. The van der Waals surface area contributed by atoms with Gasteiger partial charge in [-0.05, 0) is 6.42 Å². The lowest BCUT2D eigenvalue weighted by Gasteiger charge is -2.46. The summed E-state index contributed by atoms with van der Waals surface area (Å²) in [4.78, 5) is 0. The Bertz CT molecular complexity index is 539. The molecule has 0 amide bonds. The van der Waals surface area contributed by atoms with Gasteiger partial charge in [-0.3, -0.25) is 5.73 Å². The van der Waals surface area contributed by atoms with Crippen LogP contribution in [0.3, 0.4) is 0 Å². The highest BCUT2D eigenvalue weighted by Gasteiger charge is 2.39. The van der Waals surface area contributed by atoms with Crippen molar-refractivity contribution in [2.24, 2.45) is 5.73 Å². The first kappa shape index (κ1) is 29.2. The van der Waals surface area contributed by atoms with E-state index < -0.39 is 0 Å². The summed E-state index contributed by atoms with van der Waals surface area (Å²) in [6.07, 6.45) is 24.9. The van der Waals surface area contributed by atoms with Crippen LogP contribution < -0.4 is 5.73 Å². The fourth-order valence-corrected chi connectivity index (χ4v) is 5.08. The summed E-state index contributed by atoms with van der Waals surface area (Å²) in [5.74, 6) is 0. The van der Waals surface area contributed by atoms with Crippen LogP contribution in [0.25, 0.3) is 0 Å². The van der Waals surface area contributed by atoms with Crippen LogP contribution in [0.15, 0.2) is 30.3 Å². The van der Waals surface area contributed by atoms with Crippen LogP contribution in [-0.2, 0) is 6.54 Å². The van der Waals surface area contributed by atoms with Crippen molar-refractivity contribution in [2.45, 2.75) is 142 Å². The van der Waals surface area contributed by atoms with Crippen molar-refractivity contribution < 1.29 is 4.48 Å². The molecule has 0 aliphatic rings. The van der Waals surface area contributed by atoms with Gasteiger partial charge >= 0.3 is 0 Å². The first-order chi connectivity index (χ1) is 15.4. The number of rotatable bonds is 21. The number of quaternary nitrogens is 1. The van der Waals surface area contributed by atoms with Gasteiger partial charge in [0.05, 0.1) is 14.1 Å². The van der Waals surface area contributed by atoms with Gasteiger partial charge in [-0.15, -0.1) is 0 Å². The molecule has 2 heteroatoms. The summed E-state index contributed by atoms with van der Waals surface area (Å²) in [5, 5.41) is 0. The Hall–Kier alpha value is -0.860. The molecule has 1 aromatic rings. The van der Waals surface area contributed by atoms with Gasteiger partial charge in [0.15, 0.2) is 0 Å². The zero-order valence-corrected chi connectivity index (χ0v) is 22.3. The van der Waals surface area contributed by atoms with Gasteiger partial charge < -0.3 is 4.48 Å². The molecule has 0 heterocycles. The van der Waals surface area contributed by atoms with E-state index in [0.29, 0.717) is 0 Å². The van der Waals surface area contributed by atoms with Gasteiger partial charge in [-0.1, -0.05) is 140 Å². The quantitative estimate of drug-likeness (QED) is 0.114. The summed E-state index contributed by atoms with van der Waals surface area (Å²) in [6, 6.07) is 10.8. The van der Waals surface area contributed by atoms with Gasteiger partial charge in [0.2, 0.25) is 0 Å². The van der Waals surface area contributed by atoms with Crippen molar-refractivity contribution in [3.8, 4) is 0 Å². The Morgan fingerprint density at radius 3 is 1.44 bits per heavy atom. The van der Waals surface area contributed by atoms with Gasteiger partial charge in [0.1, 0.15) is 12.2 Å². The first-order valence-corrected chi connectivity index (χ1v) is 14.1. The zero-order valence-electron chi connectivity index (χ0n) is 22.3. The molecule has 32 heavy (non-hydrogen) atoms. The van der Waals surface area contributed by atoms with E-state index >= 15 is 0 Å². The Kier molecular flexibility index (Phi) is 16.0. The molecule has 0 radical (unpaired) electrons. The van der Waals surface area contributed by atoms with E-state index in [1.807, 2.05) is 0 Å². The van der Waals surface area contributed by atoms with Crippen molar-refractivity contribution >= 4 is 0 Å². The SMILES string of the molecule is CCCCCCCCCCCCCCCCCCC(N)(CC)[N+](C)(C)Cc1ccccc1. The van der Waals surface area contributed by atoms with Crippen molar-refractivity contribution in [1.29, 1.82) is 0 Å². The normalized spacial score (nSPS) is 13.9. The van der Waals surface area contributed by atoms with Crippen LogP contribution in [0.4, 0.5) is 0 Å². The van der Waals surface area contributed by atoms with E-state index in [4.69, 9.17) is 5.73 Å². The van der Waals surface area contributed by atoms with Crippen molar-refractivity contribution in [2.75, 3.05) is 14.1 Å². The van der Waals surface area contributed by atoms with E-state index in [0.717, 1.165) is 23.9 Å². The lowest BCUT2D eigenvalue weighted by molar-refractivity contribution is -0.955. The molecule has 0 saturated carbocycles. The van der Waals surface area contributed by atoms with Gasteiger partial charge in [-0.25, -0.2) is 0 Å². The summed E-state index contributed by atoms with van der Waals surface area (Å²) in [5.41, 5.74) is 8.20. The molecule has 0 aliphatic carbocycles. The Labute approximate surface area is 201 Å². The molecule has 0 bridgehead atoms. The molecule has 1 unspecified atom stereocenters. The highest BCUT2D eigenvalue weighted by atomic mass is 15.4. The third-order valence-electron chi connectivity index (χ3n) is 7.70. The standard InChI is InChI=1S/C30H57N2/c1-5-7-8-9-10-11-12-13-14-15-16-17-18-19-20-24-27-30(31,6-2)32(3,4)28-29-25-22-21-23-26-29/h21-23,25-26H,5-20,24,27-28,31H2,1-4H3/q+1. The second-order valence-corrected chi connectivity index (χ2v) is 10.8. The second-order valence-electron chi connectivity index (χ2n) is 10.8. The van der Waals surface area contributed by atoms with Crippen molar-refractivity contribution in [3.63, 3.8) is 0 Å². The molecule has 0 spiro atoms. The first-order valence-electron chi connectivity index (χ1n) is 14.1. The topological polar surface area (TPSA) is 26.0 Å². The lowest BCUT2D eigenvalue weighted by Crippen LogP contribution is -2.64. The molecule has 2 N–H and O–H groups in total. The Morgan fingerprint density at radius 2 is 1.03 bits per heavy atom. The molecule has 0 aromatic heterocycles. The number of nitrogens with two attached hydrogens (primary N) is 1. The fraction of sp³-hybridized carbons (Fsp3) is 0.800. The summed E-state index contributed by atoms with van der Waals surface area (Å²) >= 11 is 0. The number of unbranched alkanes of at least 4 members (excludes halogenated alkanes) is 15. The third kappa shape index (κ3) is 12.4. The van der Waals surface area contributed by atoms with Crippen LogP contribution >= 0.6 is 0 Å². The number of nitrogens with zero attached hydrogens (tertiary/aromatic N) is 1. The van der Waals surface area contributed by atoms with E-state index in [1.54, 1.807) is 0 Å². The average Bonchev–Trinajstić information content (AvgIpc) is 2.78. The van der Waals surface area contributed by atoms with Crippen LogP contribution in [0.2, 0.25) is 0 Å². The Balaban J connectivity index is 2.04. The van der Waals surface area contributed by atoms with Crippen LogP contribution in [0.5, 0.6) is 0 Å². The smallest absolute Gasteiger partial charge is 0.150 e. The van der Waals surface area contributed by atoms with Gasteiger partial charge in [0, 0.05) is 18.4 Å². The minimum atomic E-state index is -0.133. The van der Waals surface area contributed by atoms with Crippen molar-refractivity contribution in [1.82, 2.24) is 0 Å². The van der Waals surface area contributed by atoms with Crippen molar-refractivity contribution in [3.05, 3.63) is 35.9 Å². The van der Waals surface area contributed by atoms with E-state index in [9.17, 15) is 0 Å². The lowest BCUT2D eigenvalue weighted by atomic mass is 9.94. The average molecular weight is 446 g/mol. The Morgan fingerprint density at radius 1 is 0.625 bits per heavy atom. The van der Waals surface area contributed by atoms with Gasteiger partial charge in [0.25, 0.3) is 0 Å². The van der Waals surface area contributed by atoms with Crippen LogP contribution in [-0.4, -0.2) is 24.2 Å². The van der Waals surface area contributed by atoms with Gasteiger partial charge in [-0.2, -0.15) is 0 Å². The third-order valence-corrected chi connectivity index (χ3v) is 7.70. The molecular weight excluding hydrogens is 388 g/mol. The molecular formula is C30H57N2+. The monoisotopic (exact) mass is 445 g/mol.